The van der Waals surface area contributed by atoms with Gasteiger partial charge in [0.05, 0.1) is 12.0 Å². The summed E-state index contributed by atoms with van der Waals surface area (Å²) in [5, 5.41) is 14.5. The van der Waals surface area contributed by atoms with E-state index in [1.54, 1.807) is 0 Å². The number of alkyl halides is 1. The van der Waals surface area contributed by atoms with Crippen molar-refractivity contribution in [1.82, 2.24) is 5.32 Å². The molecule has 1 aromatic carbocycles. The Morgan fingerprint density at radius 3 is 2.75 bits per heavy atom. The van der Waals surface area contributed by atoms with Crippen molar-refractivity contribution in [2.24, 2.45) is 5.41 Å². The summed E-state index contributed by atoms with van der Waals surface area (Å²) in [4.78, 5) is 22.3. The zero-order chi connectivity index (χ0) is 14.8. The molecule has 1 aliphatic carbocycles. The van der Waals surface area contributed by atoms with Crippen molar-refractivity contribution in [3.63, 3.8) is 0 Å². The molecule has 1 amide bonds. The normalized spacial score (nSPS) is 15.5. The number of nitro groups is 1. The van der Waals surface area contributed by atoms with Gasteiger partial charge in [0.2, 0.25) is 0 Å². The van der Waals surface area contributed by atoms with Gasteiger partial charge in [0.1, 0.15) is 0 Å². The maximum Gasteiger partial charge on any atom is 0.310 e. The van der Waals surface area contributed by atoms with Crippen molar-refractivity contribution in [2.45, 2.75) is 12.8 Å². The second-order valence-electron chi connectivity index (χ2n) is 4.96. The van der Waals surface area contributed by atoms with Crippen molar-refractivity contribution in [3.8, 4) is 5.75 Å². The minimum atomic E-state index is -0.537. The monoisotopic (exact) mass is 342 g/mol. The van der Waals surface area contributed by atoms with Crippen LogP contribution in [-0.4, -0.2) is 29.8 Å². The number of halogens is 1. The number of nitro benzene ring substituents is 1. The number of rotatable bonds is 6. The van der Waals surface area contributed by atoms with Gasteiger partial charge in [-0.2, -0.15) is 0 Å². The Hall–Kier alpha value is -1.63. The molecule has 0 aliphatic heterocycles. The first-order valence-electron chi connectivity index (χ1n) is 6.18. The van der Waals surface area contributed by atoms with Gasteiger partial charge < -0.3 is 10.1 Å². The van der Waals surface area contributed by atoms with Gasteiger partial charge in [-0.25, -0.2) is 0 Å². The lowest BCUT2D eigenvalue weighted by molar-refractivity contribution is -0.385. The van der Waals surface area contributed by atoms with Crippen LogP contribution in [-0.2, 0) is 0 Å². The van der Waals surface area contributed by atoms with E-state index in [-0.39, 0.29) is 22.8 Å². The third-order valence-corrected chi connectivity index (χ3v) is 4.69. The van der Waals surface area contributed by atoms with Crippen molar-refractivity contribution in [2.75, 3.05) is 19.0 Å². The highest BCUT2D eigenvalue weighted by atomic mass is 79.9. The SMILES string of the molecule is COc1cc(C(=O)NCC2(CBr)CC2)ccc1[N+](=O)[O-]. The van der Waals surface area contributed by atoms with E-state index in [1.807, 2.05) is 0 Å². The topological polar surface area (TPSA) is 81.5 Å². The second-order valence-corrected chi connectivity index (χ2v) is 5.52. The minimum absolute atomic E-state index is 0.0873. The zero-order valence-corrected chi connectivity index (χ0v) is 12.6. The van der Waals surface area contributed by atoms with Gasteiger partial charge >= 0.3 is 5.69 Å². The molecule has 1 aliphatic rings. The van der Waals surface area contributed by atoms with Gasteiger partial charge in [0.15, 0.2) is 5.75 Å². The number of hydrogen-bond donors (Lipinski definition) is 1. The maximum atomic E-state index is 12.0. The Bertz CT molecular complexity index is 543. The molecule has 7 heteroatoms. The van der Waals surface area contributed by atoms with E-state index in [1.165, 1.54) is 25.3 Å². The van der Waals surface area contributed by atoms with Gasteiger partial charge in [0.25, 0.3) is 5.91 Å². The third kappa shape index (κ3) is 3.09. The first-order valence-corrected chi connectivity index (χ1v) is 7.30. The Morgan fingerprint density at radius 1 is 1.55 bits per heavy atom. The molecule has 1 fully saturated rings. The standard InChI is InChI=1S/C13H15BrN2O4/c1-20-11-6-9(2-3-10(11)16(18)19)12(17)15-8-13(7-14)4-5-13/h2-3,6H,4-5,7-8H2,1H3,(H,15,17). The lowest BCUT2D eigenvalue weighted by Gasteiger charge is -2.13. The van der Waals surface area contributed by atoms with Crippen LogP contribution >= 0.6 is 15.9 Å². The van der Waals surface area contributed by atoms with Crippen LogP contribution in [0.2, 0.25) is 0 Å². The first kappa shape index (κ1) is 14.8. The number of nitrogens with zero attached hydrogens (tertiary/aromatic N) is 1. The zero-order valence-electron chi connectivity index (χ0n) is 11.0. The van der Waals surface area contributed by atoms with Gasteiger partial charge in [-0.1, -0.05) is 15.9 Å². The Balaban J connectivity index is 2.08. The van der Waals surface area contributed by atoms with E-state index >= 15 is 0 Å². The van der Waals surface area contributed by atoms with E-state index in [0.717, 1.165) is 18.2 Å². The van der Waals surface area contributed by atoms with E-state index < -0.39 is 4.92 Å². The summed E-state index contributed by atoms with van der Waals surface area (Å²) in [6.45, 7) is 0.608. The number of nitrogens with one attached hydrogen (secondary N) is 1. The molecule has 0 heterocycles. The number of methoxy groups -OCH3 is 1. The maximum absolute atomic E-state index is 12.0. The molecule has 6 nitrogen and oxygen atoms in total. The predicted molar refractivity (Wildman–Crippen MR) is 77.4 cm³/mol. The molecule has 2 rings (SSSR count). The molecule has 0 unspecified atom stereocenters. The van der Waals surface area contributed by atoms with E-state index in [0.29, 0.717) is 12.1 Å². The number of benzene rings is 1. The summed E-state index contributed by atoms with van der Waals surface area (Å²) < 4.78 is 4.95. The molecule has 0 bridgehead atoms. The van der Waals surface area contributed by atoms with Crippen LogP contribution in [0.4, 0.5) is 5.69 Å². The van der Waals surface area contributed by atoms with Gasteiger partial charge in [-0.3, -0.25) is 14.9 Å². The van der Waals surface area contributed by atoms with Crippen molar-refractivity contribution in [1.29, 1.82) is 0 Å². The van der Waals surface area contributed by atoms with Crippen LogP contribution < -0.4 is 10.1 Å². The lowest BCUT2D eigenvalue weighted by Crippen LogP contribution is -2.30. The molecule has 0 aromatic heterocycles. The summed E-state index contributed by atoms with van der Waals surface area (Å²) in [5.41, 5.74) is 0.390. The van der Waals surface area contributed by atoms with E-state index in [9.17, 15) is 14.9 Å². The predicted octanol–water partition coefficient (Wildman–Crippen LogP) is 2.51. The molecule has 1 saturated carbocycles. The van der Waals surface area contributed by atoms with E-state index in [4.69, 9.17) is 4.74 Å². The van der Waals surface area contributed by atoms with Crippen molar-refractivity contribution < 1.29 is 14.5 Å². The fourth-order valence-electron chi connectivity index (χ4n) is 1.87. The van der Waals surface area contributed by atoms with Crippen LogP contribution in [0.25, 0.3) is 0 Å². The average Bonchev–Trinajstić information content (AvgIpc) is 3.24. The molecule has 0 saturated heterocycles. The Morgan fingerprint density at radius 2 is 2.25 bits per heavy atom. The number of hydrogen-bond acceptors (Lipinski definition) is 4. The molecular formula is C13H15BrN2O4. The fraction of sp³-hybridized carbons (Fsp3) is 0.462. The highest BCUT2D eigenvalue weighted by Gasteiger charge is 2.41. The molecule has 1 N–H and O–H groups in total. The summed E-state index contributed by atoms with van der Waals surface area (Å²) >= 11 is 3.44. The second kappa shape index (κ2) is 5.78. The molecular weight excluding hydrogens is 328 g/mol. The summed E-state index contributed by atoms with van der Waals surface area (Å²) in [6.07, 6.45) is 2.20. The highest BCUT2D eigenvalue weighted by Crippen LogP contribution is 2.46. The van der Waals surface area contributed by atoms with Crippen molar-refractivity contribution in [3.05, 3.63) is 33.9 Å². The number of ether oxygens (including phenoxy) is 1. The van der Waals surface area contributed by atoms with Crippen LogP contribution in [0.1, 0.15) is 23.2 Å². The Labute approximate surface area is 124 Å². The van der Waals surface area contributed by atoms with Gasteiger partial charge in [-0.15, -0.1) is 0 Å². The molecule has 0 radical (unpaired) electrons. The molecule has 0 spiro atoms. The number of amides is 1. The summed E-state index contributed by atoms with van der Waals surface area (Å²) in [7, 11) is 1.34. The molecule has 20 heavy (non-hydrogen) atoms. The van der Waals surface area contributed by atoms with Crippen molar-refractivity contribution >= 4 is 27.5 Å². The average molecular weight is 343 g/mol. The molecule has 0 atom stereocenters. The molecule has 1 aromatic rings. The highest BCUT2D eigenvalue weighted by molar-refractivity contribution is 9.09. The van der Waals surface area contributed by atoms with Crippen LogP contribution in [0, 0.1) is 15.5 Å². The quantitative estimate of drug-likeness (QED) is 0.489. The van der Waals surface area contributed by atoms with Crippen LogP contribution in [0.3, 0.4) is 0 Å². The summed E-state index contributed by atoms with van der Waals surface area (Å²) in [5.74, 6) is -0.158. The smallest absolute Gasteiger partial charge is 0.310 e. The lowest BCUT2D eigenvalue weighted by atomic mass is 10.1. The third-order valence-electron chi connectivity index (χ3n) is 3.50. The van der Waals surface area contributed by atoms with Gasteiger partial charge in [0, 0.05) is 29.6 Å². The van der Waals surface area contributed by atoms with E-state index in [2.05, 4.69) is 21.2 Å². The first-order chi connectivity index (χ1) is 9.51. The van der Waals surface area contributed by atoms with Crippen LogP contribution in [0.15, 0.2) is 18.2 Å². The minimum Gasteiger partial charge on any atom is -0.490 e. The summed E-state index contributed by atoms with van der Waals surface area (Å²) in [6, 6.07) is 4.11. The van der Waals surface area contributed by atoms with Crippen LogP contribution in [0.5, 0.6) is 5.75 Å². The van der Waals surface area contributed by atoms with Gasteiger partial charge in [-0.05, 0) is 24.3 Å². The number of carbonyl (C=O) groups is 1. The fourth-order valence-corrected chi connectivity index (χ4v) is 2.63. The largest absolute Gasteiger partial charge is 0.490 e. The number of carbonyl (C=O) groups excluding carboxylic acids is 1. The molecule has 108 valence electrons. The Kier molecular flexibility index (Phi) is 4.27.